The maximum absolute atomic E-state index is 12.8. The molecule has 0 radical (unpaired) electrons. The summed E-state index contributed by atoms with van der Waals surface area (Å²) < 4.78 is 5.67. The summed E-state index contributed by atoms with van der Waals surface area (Å²) in [5, 5.41) is 10.3. The van der Waals surface area contributed by atoms with Crippen LogP contribution in [0.15, 0.2) is 75.9 Å². The van der Waals surface area contributed by atoms with Gasteiger partial charge < -0.3 is 19.4 Å². The third-order valence-electron chi connectivity index (χ3n) is 5.97. The fourth-order valence-electron chi connectivity index (χ4n) is 4.09. The van der Waals surface area contributed by atoms with Crippen molar-refractivity contribution >= 4 is 39.8 Å². The molecule has 0 aliphatic rings. The van der Waals surface area contributed by atoms with Gasteiger partial charge >= 0.3 is 5.63 Å². The van der Waals surface area contributed by atoms with E-state index in [-0.39, 0.29) is 5.75 Å². The molecule has 0 aliphatic heterocycles. The molecular weight excluding hydrogens is 426 g/mol. The molecule has 0 amide bonds. The number of imidazole rings is 1. The molecule has 0 aliphatic carbocycles. The number of H-pyrrole nitrogens is 1. The minimum absolute atomic E-state index is 0.242. The van der Waals surface area contributed by atoms with Crippen molar-refractivity contribution in [1.29, 1.82) is 0 Å². The number of hydrogen-bond donors (Lipinski definition) is 2. The summed E-state index contributed by atoms with van der Waals surface area (Å²) in [5.41, 5.74) is 5.16. The topological polar surface area (TPSA) is 82.4 Å². The summed E-state index contributed by atoms with van der Waals surface area (Å²) in [6.07, 6.45) is 3.96. The van der Waals surface area contributed by atoms with Crippen LogP contribution in [0, 0.1) is 0 Å². The molecule has 0 saturated heterocycles. The van der Waals surface area contributed by atoms with E-state index in [2.05, 4.69) is 28.7 Å². The van der Waals surface area contributed by atoms with E-state index in [1.807, 2.05) is 66.7 Å². The minimum Gasteiger partial charge on any atom is -0.508 e. The van der Waals surface area contributed by atoms with Crippen LogP contribution in [-0.2, 0) is 0 Å². The molecule has 5 aromatic rings. The maximum atomic E-state index is 12.8. The first-order valence-electron chi connectivity index (χ1n) is 11.3. The number of benzene rings is 3. The average Bonchev–Trinajstić information content (AvgIpc) is 3.27. The number of anilines is 1. The molecule has 2 aromatic heterocycles. The molecule has 0 saturated carbocycles. The summed E-state index contributed by atoms with van der Waals surface area (Å²) in [7, 11) is 0. The number of aromatic nitrogens is 2. The molecule has 170 valence electrons. The van der Waals surface area contributed by atoms with E-state index in [1.165, 1.54) is 0 Å². The normalized spacial score (nSPS) is 11.6. The average molecular weight is 452 g/mol. The lowest BCUT2D eigenvalue weighted by atomic mass is 10.1. The van der Waals surface area contributed by atoms with Crippen molar-refractivity contribution < 1.29 is 9.52 Å². The Hall–Kier alpha value is -4.32. The number of aromatic amines is 1. The number of aromatic hydroxyl groups is 1. The Bertz CT molecular complexity index is 1560. The molecule has 2 N–H and O–H groups in total. The van der Waals surface area contributed by atoms with Crippen molar-refractivity contribution in [1.82, 2.24) is 9.97 Å². The largest absolute Gasteiger partial charge is 0.508 e. The molecule has 0 spiro atoms. The Kier molecular flexibility index (Phi) is 5.64. The van der Waals surface area contributed by atoms with E-state index in [1.54, 1.807) is 12.1 Å². The summed E-state index contributed by atoms with van der Waals surface area (Å²) in [6.45, 7) is 5.97. The van der Waals surface area contributed by atoms with Gasteiger partial charge in [-0.05, 0) is 67.4 Å². The predicted molar refractivity (Wildman–Crippen MR) is 138 cm³/mol. The fraction of sp³-hybridized carbons (Fsp3) is 0.143. The summed E-state index contributed by atoms with van der Waals surface area (Å²) in [6, 6.07) is 20.7. The quantitative estimate of drug-likeness (QED) is 0.242. The number of fused-ring (bicyclic) bond motifs is 2. The molecule has 0 atom stereocenters. The van der Waals surface area contributed by atoms with Gasteiger partial charge in [-0.15, -0.1) is 0 Å². The van der Waals surface area contributed by atoms with Crippen LogP contribution < -0.4 is 10.5 Å². The van der Waals surface area contributed by atoms with Gasteiger partial charge in [-0.2, -0.15) is 0 Å². The first-order valence-corrected chi connectivity index (χ1v) is 11.3. The Balaban J connectivity index is 1.48. The second-order valence-electron chi connectivity index (χ2n) is 8.13. The highest BCUT2D eigenvalue weighted by Gasteiger charge is 2.13. The molecular formula is C28H25N3O3. The van der Waals surface area contributed by atoms with Crippen molar-refractivity contribution in [3.63, 3.8) is 0 Å². The fourth-order valence-corrected chi connectivity index (χ4v) is 4.09. The Labute approximate surface area is 196 Å². The Morgan fingerprint density at radius 3 is 2.44 bits per heavy atom. The van der Waals surface area contributed by atoms with E-state index in [0.717, 1.165) is 46.3 Å². The van der Waals surface area contributed by atoms with Crippen LogP contribution >= 0.6 is 0 Å². The second-order valence-corrected chi connectivity index (χ2v) is 8.13. The molecule has 6 nitrogen and oxygen atoms in total. The molecule has 3 aromatic carbocycles. The van der Waals surface area contributed by atoms with Crippen LogP contribution in [0.3, 0.4) is 0 Å². The van der Waals surface area contributed by atoms with Crippen LogP contribution in [0.2, 0.25) is 0 Å². The first-order chi connectivity index (χ1) is 16.5. The zero-order valence-electron chi connectivity index (χ0n) is 19.1. The number of nitrogens with zero attached hydrogens (tertiary/aromatic N) is 2. The highest BCUT2D eigenvalue weighted by atomic mass is 16.4. The smallest absolute Gasteiger partial charge is 0.347 e. The van der Waals surface area contributed by atoms with Crippen molar-refractivity contribution in [2.45, 2.75) is 13.8 Å². The highest BCUT2D eigenvalue weighted by Crippen LogP contribution is 2.26. The van der Waals surface area contributed by atoms with Gasteiger partial charge in [0.2, 0.25) is 0 Å². The molecule has 5 rings (SSSR count). The monoisotopic (exact) mass is 451 g/mol. The predicted octanol–water partition coefficient (Wildman–Crippen LogP) is 6.06. The van der Waals surface area contributed by atoms with Gasteiger partial charge in [-0.3, -0.25) is 0 Å². The van der Waals surface area contributed by atoms with Gasteiger partial charge in [0.1, 0.15) is 22.7 Å². The summed E-state index contributed by atoms with van der Waals surface area (Å²) in [4.78, 5) is 22.9. The Morgan fingerprint density at radius 2 is 1.68 bits per heavy atom. The van der Waals surface area contributed by atoms with Crippen LogP contribution in [0.25, 0.3) is 45.5 Å². The lowest BCUT2D eigenvalue weighted by Gasteiger charge is -2.20. The molecule has 0 unspecified atom stereocenters. The van der Waals surface area contributed by atoms with Gasteiger partial charge in [-0.1, -0.05) is 30.4 Å². The van der Waals surface area contributed by atoms with Gasteiger partial charge in [0, 0.05) is 30.2 Å². The van der Waals surface area contributed by atoms with Gasteiger partial charge in [0.25, 0.3) is 0 Å². The molecule has 0 fully saturated rings. The van der Waals surface area contributed by atoms with E-state index >= 15 is 0 Å². The van der Waals surface area contributed by atoms with Crippen molar-refractivity contribution in [3.8, 4) is 17.1 Å². The summed E-state index contributed by atoms with van der Waals surface area (Å²) in [5.74, 6) is 0.726. The molecule has 0 bridgehead atoms. The summed E-state index contributed by atoms with van der Waals surface area (Å²) >= 11 is 0. The van der Waals surface area contributed by atoms with Crippen LogP contribution in [0.4, 0.5) is 5.69 Å². The third kappa shape index (κ3) is 4.18. The lowest BCUT2D eigenvalue weighted by Crippen LogP contribution is -2.21. The van der Waals surface area contributed by atoms with E-state index in [4.69, 9.17) is 4.42 Å². The van der Waals surface area contributed by atoms with Gasteiger partial charge in [0.15, 0.2) is 0 Å². The van der Waals surface area contributed by atoms with Crippen LogP contribution in [0.1, 0.15) is 25.0 Å². The van der Waals surface area contributed by atoms with Gasteiger partial charge in [-0.25, -0.2) is 9.78 Å². The second kappa shape index (κ2) is 8.90. The van der Waals surface area contributed by atoms with Crippen molar-refractivity contribution in [2.24, 2.45) is 0 Å². The number of rotatable bonds is 6. The first kappa shape index (κ1) is 21.5. The van der Waals surface area contributed by atoms with Crippen LogP contribution in [-0.4, -0.2) is 28.2 Å². The number of nitrogens with one attached hydrogen (secondary N) is 1. The highest BCUT2D eigenvalue weighted by molar-refractivity contribution is 5.86. The van der Waals surface area contributed by atoms with E-state index in [0.29, 0.717) is 17.0 Å². The molecule has 6 heteroatoms. The van der Waals surface area contributed by atoms with Crippen molar-refractivity contribution in [3.05, 3.63) is 88.3 Å². The lowest BCUT2D eigenvalue weighted by molar-refractivity contribution is 0.475. The molecule has 34 heavy (non-hydrogen) atoms. The number of phenols is 1. The standard InChI is InChI=1S/C28H25N3O3/c1-3-31(4-2)21-11-10-20-16-23(28(33)34-26(20)17-21)27-29-24-14-9-19(15-25(24)30-27)6-5-18-7-12-22(32)13-8-18/h5-17,32H,3-4H2,1-2H3,(H,29,30)/b6-5+. The SMILES string of the molecule is CCN(CC)c1ccc2cc(-c3nc4ccc(/C=C/c5ccc(O)cc5)cc4[nH]3)c(=O)oc2c1. The number of phenolic OH excluding ortho intramolecular Hbond substituents is 1. The van der Waals surface area contributed by atoms with Gasteiger partial charge in [0.05, 0.1) is 11.0 Å². The molecule has 2 heterocycles. The van der Waals surface area contributed by atoms with Crippen molar-refractivity contribution in [2.75, 3.05) is 18.0 Å². The minimum atomic E-state index is -0.421. The zero-order valence-corrected chi connectivity index (χ0v) is 19.1. The van der Waals surface area contributed by atoms with Crippen LogP contribution in [0.5, 0.6) is 5.75 Å². The third-order valence-corrected chi connectivity index (χ3v) is 5.97. The van der Waals surface area contributed by atoms with E-state index in [9.17, 15) is 9.90 Å². The maximum Gasteiger partial charge on any atom is 0.347 e. The zero-order chi connectivity index (χ0) is 23.7. The van der Waals surface area contributed by atoms with E-state index < -0.39 is 5.63 Å². The Morgan fingerprint density at radius 1 is 0.941 bits per heavy atom. The number of hydrogen-bond acceptors (Lipinski definition) is 5.